The summed E-state index contributed by atoms with van der Waals surface area (Å²) in [4.78, 5) is 20.9. The van der Waals surface area contributed by atoms with Crippen LogP contribution in [-0.4, -0.2) is 81.2 Å². The molecule has 2 N–H and O–H groups in total. The van der Waals surface area contributed by atoms with Crippen molar-refractivity contribution in [1.29, 1.82) is 0 Å². The van der Waals surface area contributed by atoms with Gasteiger partial charge in [-0.2, -0.15) is 0 Å². The van der Waals surface area contributed by atoms with Gasteiger partial charge in [0.2, 0.25) is 5.91 Å². The van der Waals surface area contributed by atoms with Crippen molar-refractivity contribution in [3.8, 4) is 0 Å². The number of guanidine groups is 1. The zero-order chi connectivity index (χ0) is 21.1. The first-order valence-electron chi connectivity index (χ1n) is 10.6. The van der Waals surface area contributed by atoms with E-state index in [1.165, 1.54) is 0 Å². The third-order valence-corrected chi connectivity index (χ3v) is 5.31. The lowest BCUT2D eigenvalue weighted by Crippen LogP contribution is -2.52. The highest BCUT2D eigenvalue weighted by molar-refractivity contribution is 14.0. The Morgan fingerprint density at radius 1 is 1.20 bits per heavy atom. The molecule has 30 heavy (non-hydrogen) atoms. The highest BCUT2D eigenvalue weighted by Crippen LogP contribution is 2.12. The second kappa shape index (κ2) is 14.6. The number of morpholine rings is 1. The lowest BCUT2D eigenvalue weighted by Gasteiger charge is -2.37. The van der Waals surface area contributed by atoms with Gasteiger partial charge in [-0.3, -0.25) is 14.7 Å². The Kier molecular flexibility index (Phi) is 13.0. The smallest absolute Gasteiger partial charge is 0.224 e. The molecular weight excluding hydrogens is 493 g/mol. The molecule has 1 amide bonds. The van der Waals surface area contributed by atoms with Crippen molar-refractivity contribution in [3.05, 3.63) is 35.9 Å². The summed E-state index contributed by atoms with van der Waals surface area (Å²) in [6, 6.07) is 10.5. The SMILES string of the molecule is CN=C(NCCC(=O)N(C)Cc1ccccc1)NCC(C(C)C)N1CCOCC1.I. The van der Waals surface area contributed by atoms with Gasteiger partial charge in [0.05, 0.1) is 13.2 Å². The molecule has 1 unspecified atom stereocenters. The van der Waals surface area contributed by atoms with Crippen LogP contribution in [0.1, 0.15) is 25.8 Å². The van der Waals surface area contributed by atoms with Crippen LogP contribution < -0.4 is 10.6 Å². The molecule has 0 radical (unpaired) electrons. The molecule has 1 aromatic carbocycles. The fourth-order valence-electron chi connectivity index (χ4n) is 3.54. The average molecular weight is 531 g/mol. The molecule has 0 spiro atoms. The van der Waals surface area contributed by atoms with Crippen molar-refractivity contribution in [3.63, 3.8) is 0 Å². The molecule has 7 nitrogen and oxygen atoms in total. The Morgan fingerprint density at radius 3 is 2.47 bits per heavy atom. The summed E-state index contributed by atoms with van der Waals surface area (Å²) < 4.78 is 5.47. The van der Waals surface area contributed by atoms with Crippen LogP contribution in [0.2, 0.25) is 0 Å². The average Bonchev–Trinajstić information content (AvgIpc) is 2.73. The van der Waals surface area contributed by atoms with Crippen molar-refractivity contribution in [2.75, 3.05) is 53.5 Å². The molecule has 1 aliphatic rings. The van der Waals surface area contributed by atoms with E-state index in [9.17, 15) is 4.79 Å². The topological polar surface area (TPSA) is 69.2 Å². The number of nitrogens with zero attached hydrogens (tertiary/aromatic N) is 3. The molecule has 0 aliphatic carbocycles. The Labute approximate surface area is 198 Å². The van der Waals surface area contributed by atoms with E-state index in [4.69, 9.17) is 4.74 Å². The summed E-state index contributed by atoms with van der Waals surface area (Å²) >= 11 is 0. The van der Waals surface area contributed by atoms with Crippen LogP contribution in [0, 0.1) is 5.92 Å². The Hall–Kier alpha value is -1.39. The number of benzene rings is 1. The second-order valence-corrected chi connectivity index (χ2v) is 7.82. The molecule has 1 atom stereocenters. The van der Waals surface area contributed by atoms with Crippen molar-refractivity contribution in [1.82, 2.24) is 20.4 Å². The van der Waals surface area contributed by atoms with Crippen molar-refractivity contribution >= 4 is 35.8 Å². The number of hydrogen-bond donors (Lipinski definition) is 2. The molecule has 1 aliphatic heterocycles. The van der Waals surface area contributed by atoms with E-state index in [-0.39, 0.29) is 29.9 Å². The monoisotopic (exact) mass is 531 g/mol. The van der Waals surface area contributed by atoms with Gasteiger partial charge in [-0.1, -0.05) is 44.2 Å². The van der Waals surface area contributed by atoms with Crippen LogP contribution in [0.15, 0.2) is 35.3 Å². The van der Waals surface area contributed by atoms with E-state index in [1.807, 2.05) is 37.4 Å². The Bertz CT molecular complexity index is 636. The largest absolute Gasteiger partial charge is 0.379 e. The molecule has 1 aromatic rings. The third-order valence-electron chi connectivity index (χ3n) is 5.31. The Balaban J connectivity index is 0.00000450. The van der Waals surface area contributed by atoms with Gasteiger partial charge in [0.1, 0.15) is 0 Å². The lowest BCUT2D eigenvalue weighted by molar-refractivity contribution is -0.130. The minimum atomic E-state index is 0. The summed E-state index contributed by atoms with van der Waals surface area (Å²) in [5.74, 6) is 1.39. The summed E-state index contributed by atoms with van der Waals surface area (Å²) in [5.41, 5.74) is 1.14. The molecule has 0 bridgehead atoms. The molecule has 0 saturated carbocycles. The fourth-order valence-corrected chi connectivity index (χ4v) is 3.54. The first-order valence-corrected chi connectivity index (χ1v) is 10.6. The Morgan fingerprint density at radius 2 is 1.87 bits per heavy atom. The maximum atomic E-state index is 12.4. The summed E-state index contributed by atoms with van der Waals surface area (Å²) in [6.45, 7) is 10.0. The first-order chi connectivity index (χ1) is 14.0. The molecule has 1 fully saturated rings. The lowest BCUT2D eigenvalue weighted by atomic mass is 10.0. The normalized spacial score (nSPS) is 16.0. The maximum absolute atomic E-state index is 12.4. The molecule has 1 heterocycles. The van der Waals surface area contributed by atoms with Crippen molar-refractivity contribution < 1.29 is 9.53 Å². The number of rotatable bonds is 9. The first kappa shape index (κ1) is 26.6. The number of nitrogens with one attached hydrogen (secondary N) is 2. The van der Waals surface area contributed by atoms with Crippen LogP contribution >= 0.6 is 24.0 Å². The van der Waals surface area contributed by atoms with E-state index in [1.54, 1.807) is 11.9 Å². The van der Waals surface area contributed by atoms with Crippen LogP contribution in [0.5, 0.6) is 0 Å². The van der Waals surface area contributed by atoms with E-state index in [0.29, 0.717) is 31.5 Å². The zero-order valence-corrected chi connectivity index (χ0v) is 21.1. The van der Waals surface area contributed by atoms with E-state index >= 15 is 0 Å². The minimum absolute atomic E-state index is 0. The molecule has 170 valence electrons. The molecular formula is C22H38IN5O2. The molecule has 0 aromatic heterocycles. The van der Waals surface area contributed by atoms with Gasteiger partial charge in [0, 0.05) is 59.3 Å². The van der Waals surface area contributed by atoms with Crippen LogP contribution in [0.3, 0.4) is 0 Å². The number of hydrogen-bond acceptors (Lipinski definition) is 4. The van der Waals surface area contributed by atoms with Crippen LogP contribution in [0.25, 0.3) is 0 Å². The highest BCUT2D eigenvalue weighted by atomic mass is 127. The number of amides is 1. The van der Waals surface area contributed by atoms with E-state index in [0.717, 1.165) is 44.4 Å². The summed E-state index contributed by atoms with van der Waals surface area (Å²) in [5, 5.41) is 6.69. The van der Waals surface area contributed by atoms with Crippen molar-refractivity contribution in [2.24, 2.45) is 10.9 Å². The number of aliphatic imine (C=N–C) groups is 1. The maximum Gasteiger partial charge on any atom is 0.224 e. The number of halogens is 1. The van der Waals surface area contributed by atoms with Gasteiger partial charge in [0.15, 0.2) is 5.96 Å². The van der Waals surface area contributed by atoms with Gasteiger partial charge in [-0.15, -0.1) is 24.0 Å². The van der Waals surface area contributed by atoms with E-state index < -0.39 is 0 Å². The molecule has 1 saturated heterocycles. The predicted molar refractivity (Wildman–Crippen MR) is 133 cm³/mol. The minimum Gasteiger partial charge on any atom is -0.379 e. The number of carbonyl (C=O) groups is 1. The number of carbonyl (C=O) groups excluding carboxylic acids is 1. The summed E-state index contributed by atoms with van der Waals surface area (Å²) in [7, 11) is 3.61. The van der Waals surface area contributed by atoms with E-state index in [2.05, 4.69) is 34.4 Å². The van der Waals surface area contributed by atoms with Gasteiger partial charge in [-0.25, -0.2) is 0 Å². The second-order valence-electron chi connectivity index (χ2n) is 7.82. The fraction of sp³-hybridized carbons (Fsp3) is 0.636. The molecule has 8 heteroatoms. The quantitative estimate of drug-likeness (QED) is 0.291. The van der Waals surface area contributed by atoms with Gasteiger partial charge < -0.3 is 20.3 Å². The molecule has 2 rings (SSSR count). The number of ether oxygens (including phenoxy) is 1. The van der Waals surface area contributed by atoms with Gasteiger partial charge in [0.25, 0.3) is 0 Å². The highest BCUT2D eigenvalue weighted by Gasteiger charge is 2.23. The van der Waals surface area contributed by atoms with Gasteiger partial charge >= 0.3 is 0 Å². The standard InChI is InChI=1S/C22H37N5O2.HI/c1-18(2)20(27-12-14-29-15-13-27)16-25-22(23-3)24-11-10-21(28)26(4)17-19-8-6-5-7-9-19;/h5-9,18,20H,10-17H2,1-4H3,(H2,23,24,25);1H. The van der Waals surface area contributed by atoms with Crippen molar-refractivity contribution in [2.45, 2.75) is 32.9 Å². The predicted octanol–water partition coefficient (Wildman–Crippen LogP) is 2.17. The summed E-state index contributed by atoms with van der Waals surface area (Å²) in [6.07, 6.45) is 0.432. The van der Waals surface area contributed by atoms with Crippen LogP contribution in [-0.2, 0) is 16.1 Å². The van der Waals surface area contributed by atoms with Crippen LogP contribution in [0.4, 0.5) is 0 Å². The van der Waals surface area contributed by atoms with Gasteiger partial charge in [-0.05, 0) is 11.5 Å². The third kappa shape index (κ3) is 9.18. The zero-order valence-electron chi connectivity index (χ0n) is 18.8.